The first kappa shape index (κ1) is 15.5. The van der Waals surface area contributed by atoms with Crippen LogP contribution < -0.4 is 4.90 Å². The molecule has 3 rings (SSSR count). The highest BCUT2D eigenvalue weighted by Crippen LogP contribution is 2.35. The predicted octanol–water partition coefficient (Wildman–Crippen LogP) is 2.79. The van der Waals surface area contributed by atoms with E-state index in [1.165, 1.54) is 18.2 Å². The molecule has 23 heavy (non-hydrogen) atoms. The highest BCUT2D eigenvalue weighted by molar-refractivity contribution is 5.98. The number of nitrogens with zero attached hydrogens (tertiary/aromatic N) is 2. The minimum atomic E-state index is -4.57. The molecule has 0 spiro atoms. The van der Waals surface area contributed by atoms with E-state index in [2.05, 4.69) is 4.98 Å². The summed E-state index contributed by atoms with van der Waals surface area (Å²) in [6.07, 6.45) is -4.57. The second kappa shape index (κ2) is 5.69. The van der Waals surface area contributed by atoms with Crippen LogP contribution in [0.5, 0.6) is 0 Å². The Balaban J connectivity index is 2.22. The predicted molar refractivity (Wildman–Crippen MR) is 76.7 cm³/mol. The number of alkyl halides is 3. The first-order chi connectivity index (χ1) is 10.9. The fraction of sp³-hybridized carbons (Fsp3) is 0.333. The van der Waals surface area contributed by atoms with Gasteiger partial charge in [0.1, 0.15) is 5.69 Å². The topological polar surface area (TPSA) is 62.7 Å². The number of carboxylic acid groups (broad SMARTS) is 1. The van der Waals surface area contributed by atoms with E-state index in [-0.39, 0.29) is 11.1 Å². The normalized spacial score (nSPS) is 15.9. The van der Waals surface area contributed by atoms with Gasteiger partial charge in [0.2, 0.25) is 0 Å². The fourth-order valence-corrected chi connectivity index (χ4v) is 2.55. The number of halogens is 3. The molecular weight excluding hydrogens is 313 g/mol. The van der Waals surface area contributed by atoms with Gasteiger partial charge in [-0.15, -0.1) is 0 Å². The van der Waals surface area contributed by atoms with Crippen LogP contribution in [0.15, 0.2) is 24.3 Å². The van der Waals surface area contributed by atoms with Crippen LogP contribution >= 0.6 is 0 Å². The van der Waals surface area contributed by atoms with Crippen molar-refractivity contribution in [1.82, 2.24) is 4.98 Å². The van der Waals surface area contributed by atoms with E-state index >= 15 is 0 Å². The number of fused-ring (bicyclic) bond motifs is 1. The highest BCUT2D eigenvalue weighted by Gasteiger charge is 2.34. The van der Waals surface area contributed by atoms with Gasteiger partial charge in [0, 0.05) is 24.2 Å². The van der Waals surface area contributed by atoms with Gasteiger partial charge < -0.3 is 14.7 Å². The van der Waals surface area contributed by atoms with Gasteiger partial charge in [-0.3, -0.25) is 0 Å². The summed E-state index contributed by atoms with van der Waals surface area (Å²) in [7, 11) is 0. The molecule has 122 valence electrons. The number of benzene rings is 1. The summed E-state index contributed by atoms with van der Waals surface area (Å²) in [5.41, 5.74) is -0.539. The number of hydrogen-bond donors (Lipinski definition) is 1. The van der Waals surface area contributed by atoms with Gasteiger partial charge in [-0.25, -0.2) is 9.78 Å². The van der Waals surface area contributed by atoms with Gasteiger partial charge in [-0.1, -0.05) is 0 Å². The molecule has 0 amide bonds. The fourth-order valence-electron chi connectivity index (χ4n) is 2.55. The first-order valence-corrected chi connectivity index (χ1v) is 6.94. The Morgan fingerprint density at radius 3 is 2.52 bits per heavy atom. The van der Waals surface area contributed by atoms with Crippen LogP contribution in [0, 0.1) is 0 Å². The number of carboxylic acids is 1. The Morgan fingerprint density at radius 2 is 1.91 bits per heavy atom. The molecule has 0 aliphatic carbocycles. The van der Waals surface area contributed by atoms with Crippen molar-refractivity contribution in [3.63, 3.8) is 0 Å². The third kappa shape index (κ3) is 3.07. The molecule has 1 aromatic carbocycles. The summed E-state index contributed by atoms with van der Waals surface area (Å²) < 4.78 is 44.4. The minimum absolute atomic E-state index is 0.00793. The van der Waals surface area contributed by atoms with Crippen LogP contribution in [-0.2, 0) is 10.9 Å². The minimum Gasteiger partial charge on any atom is -0.478 e. The van der Waals surface area contributed by atoms with E-state index in [4.69, 9.17) is 9.84 Å². The average molecular weight is 326 g/mol. The third-order valence-electron chi connectivity index (χ3n) is 3.68. The quantitative estimate of drug-likeness (QED) is 0.919. The number of hydrogen-bond acceptors (Lipinski definition) is 4. The molecule has 8 heteroatoms. The summed E-state index contributed by atoms with van der Waals surface area (Å²) in [5.74, 6) is -1.14. The zero-order valence-electron chi connectivity index (χ0n) is 11.9. The third-order valence-corrected chi connectivity index (χ3v) is 3.68. The lowest BCUT2D eigenvalue weighted by atomic mass is 10.1. The summed E-state index contributed by atoms with van der Waals surface area (Å²) in [4.78, 5) is 16.5. The standard InChI is InChI=1S/C15H13F3N2O3/c16-15(17,18)13-8-12(20-3-5-23-6-4-20)10-7-9(14(21)22)1-2-11(10)19-13/h1-2,7-8H,3-6H2,(H,21,22). The molecule has 2 aromatic rings. The number of aromatic nitrogens is 1. The van der Waals surface area contributed by atoms with Gasteiger partial charge in [-0.2, -0.15) is 13.2 Å². The van der Waals surface area contributed by atoms with E-state index < -0.39 is 17.8 Å². The molecule has 1 N–H and O–H groups in total. The van der Waals surface area contributed by atoms with E-state index in [1.54, 1.807) is 4.90 Å². The van der Waals surface area contributed by atoms with Crippen molar-refractivity contribution in [2.24, 2.45) is 0 Å². The molecule has 5 nitrogen and oxygen atoms in total. The smallest absolute Gasteiger partial charge is 0.433 e. The Labute approximate surface area is 129 Å². The molecular formula is C15H13F3N2O3. The molecule has 1 saturated heterocycles. The summed E-state index contributed by atoms with van der Waals surface area (Å²) >= 11 is 0. The maximum Gasteiger partial charge on any atom is 0.433 e. The molecule has 1 aliphatic rings. The Morgan fingerprint density at radius 1 is 1.22 bits per heavy atom. The van der Waals surface area contributed by atoms with Gasteiger partial charge in [0.15, 0.2) is 0 Å². The number of morpholine rings is 1. The highest BCUT2D eigenvalue weighted by atomic mass is 19.4. The van der Waals surface area contributed by atoms with Crippen LogP contribution in [0.1, 0.15) is 16.1 Å². The number of anilines is 1. The van der Waals surface area contributed by atoms with Crippen LogP contribution in [0.2, 0.25) is 0 Å². The van der Waals surface area contributed by atoms with Crippen molar-refractivity contribution in [3.05, 3.63) is 35.5 Å². The van der Waals surface area contributed by atoms with Crippen LogP contribution in [0.3, 0.4) is 0 Å². The molecule has 0 radical (unpaired) electrons. The van der Waals surface area contributed by atoms with Crippen LogP contribution in [0.4, 0.5) is 18.9 Å². The SMILES string of the molecule is O=C(O)c1ccc2nc(C(F)(F)F)cc(N3CCOCC3)c2c1. The lowest BCUT2D eigenvalue weighted by Gasteiger charge is -2.30. The number of rotatable bonds is 2. The molecule has 1 fully saturated rings. The molecule has 1 aromatic heterocycles. The second-order valence-corrected chi connectivity index (χ2v) is 5.16. The maximum atomic E-state index is 13.1. The maximum absolute atomic E-state index is 13.1. The number of carbonyl (C=O) groups is 1. The van der Waals surface area contributed by atoms with E-state index in [0.717, 1.165) is 6.07 Å². The summed E-state index contributed by atoms with van der Waals surface area (Å²) in [6.45, 7) is 1.69. The molecule has 2 heterocycles. The second-order valence-electron chi connectivity index (χ2n) is 5.16. The van der Waals surface area contributed by atoms with Gasteiger partial charge in [-0.05, 0) is 24.3 Å². The average Bonchev–Trinajstić information content (AvgIpc) is 2.53. The summed E-state index contributed by atoms with van der Waals surface area (Å²) in [6, 6.07) is 4.88. The number of aromatic carboxylic acids is 1. The van der Waals surface area contributed by atoms with Crippen molar-refractivity contribution in [2.75, 3.05) is 31.2 Å². The van der Waals surface area contributed by atoms with Gasteiger partial charge in [0.25, 0.3) is 0 Å². The largest absolute Gasteiger partial charge is 0.478 e. The van der Waals surface area contributed by atoms with E-state index in [1.807, 2.05) is 0 Å². The lowest BCUT2D eigenvalue weighted by molar-refractivity contribution is -0.140. The Bertz CT molecular complexity index is 755. The number of pyridine rings is 1. The monoisotopic (exact) mass is 326 g/mol. The molecule has 0 bridgehead atoms. The van der Waals surface area contributed by atoms with Crippen molar-refractivity contribution in [1.29, 1.82) is 0 Å². The Kier molecular flexibility index (Phi) is 3.85. The van der Waals surface area contributed by atoms with Crippen molar-refractivity contribution >= 4 is 22.6 Å². The lowest BCUT2D eigenvalue weighted by Crippen LogP contribution is -2.36. The first-order valence-electron chi connectivity index (χ1n) is 6.94. The Hall–Kier alpha value is -2.35. The zero-order valence-corrected chi connectivity index (χ0v) is 11.9. The van der Waals surface area contributed by atoms with Gasteiger partial charge in [0.05, 0.1) is 24.3 Å². The van der Waals surface area contributed by atoms with Crippen molar-refractivity contribution in [3.8, 4) is 0 Å². The summed E-state index contributed by atoms with van der Waals surface area (Å²) in [5, 5.41) is 9.48. The molecule has 0 unspecified atom stereocenters. The van der Waals surface area contributed by atoms with Gasteiger partial charge >= 0.3 is 12.1 Å². The van der Waals surface area contributed by atoms with E-state index in [0.29, 0.717) is 37.4 Å². The number of ether oxygens (including phenoxy) is 1. The zero-order chi connectivity index (χ0) is 16.6. The van der Waals surface area contributed by atoms with Crippen LogP contribution in [0.25, 0.3) is 10.9 Å². The van der Waals surface area contributed by atoms with Crippen molar-refractivity contribution in [2.45, 2.75) is 6.18 Å². The molecule has 0 saturated carbocycles. The van der Waals surface area contributed by atoms with Crippen LogP contribution in [-0.4, -0.2) is 42.4 Å². The van der Waals surface area contributed by atoms with Crippen molar-refractivity contribution < 1.29 is 27.8 Å². The molecule has 1 aliphatic heterocycles. The molecule has 0 atom stereocenters. The van der Waals surface area contributed by atoms with E-state index in [9.17, 15) is 18.0 Å².